The molecule has 4 N–H and O–H groups in total. The van der Waals surface area contributed by atoms with Crippen molar-refractivity contribution in [3.05, 3.63) is 11.7 Å². The molecule has 8 nitrogen and oxygen atoms in total. The summed E-state index contributed by atoms with van der Waals surface area (Å²) in [5.41, 5.74) is 5.75. The highest BCUT2D eigenvalue weighted by Gasteiger charge is 2.19. The van der Waals surface area contributed by atoms with Crippen molar-refractivity contribution >= 4 is 24.2 Å². The Bertz CT molecular complexity index is 558. The lowest BCUT2D eigenvalue weighted by atomic mass is 9.95. The molecule has 1 aromatic heterocycles. The van der Waals surface area contributed by atoms with E-state index in [0.717, 1.165) is 25.7 Å². The fourth-order valence-electron chi connectivity index (χ4n) is 2.69. The Morgan fingerprint density at radius 2 is 1.96 bits per heavy atom. The molecule has 25 heavy (non-hydrogen) atoms. The van der Waals surface area contributed by atoms with Crippen LogP contribution in [-0.2, 0) is 22.6 Å². The molecule has 2 rings (SSSR count). The number of hydrogen-bond donors (Lipinski definition) is 3. The first-order valence-electron chi connectivity index (χ1n) is 8.60. The number of nitrogens with one attached hydrogen (secondary N) is 2. The van der Waals surface area contributed by atoms with Crippen LogP contribution >= 0.6 is 12.4 Å². The second kappa shape index (κ2) is 10.4. The minimum absolute atomic E-state index is 0. The van der Waals surface area contributed by atoms with Gasteiger partial charge < -0.3 is 20.9 Å². The van der Waals surface area contributed by atoms with Crippen LogP contribution in [0.2, 0.25) is 0 Å². The number of halogens is 1. The van der Waals surface area contributed by atoms with Gasteiger partial charge in [-0.25, -0.2) is 0 Å². The number of aromatic nitrogens is 2. The van der Waals surface area contributed by atoms with Crippen LogP contribution in [0.4, 0.5) is 0 Å². The molecule has 9 heteroatoms. The second-order valence-corrected chi connectivity index (χ2v) is 6.67. The molecule has 1 aromatic rings. The minimum atomic E-state index is -0.575. The summed E-state index contributed by atoms with van der Waals surface area (Å²) in [7, 11) is 0. The van der Waals surface area contributed by atoms with E-state index in [4.69, 9.17) is 10.3 Å². The lowest BCUT2D eigenvalue weighted by molar-refractivity contribution is -0.123. The summed E-state index contributed by atoms with van der Waals surface area (Å²) < 4.78 is 5.05. The van der Waals surface area contributed by atoms with Crippen LogP contribution in [0, 0.1) is 5.92 Å². The van der Waals surface area contributed by atoms with Crippen molar-refractivity contribution in [3.63, 3.8) is 0 Å². The molecule has 0 aromatic carbocycles. The summed E-state index contributed by atoms with van der Waals surface area (Å²) >= 11 is 0. The van der Waals surface area contributed by atoms with Crippen LogP contribution in [0.3, 0.4) is 0 Å². The summed E-state index contributed by atoms with van der Waals surface area (Å²) in [5, 5.41) is 9.44. The summed E-state index contributed by atoms with van der Waals surface area (Å²) in [4.78, 5) is 27.9. The maximum atomic E-state index is 12.0. The molecule has 1 aliphatic rings. The number of nitrogens with zero attached hydrogens (tertiary/aromatic N) is 2. The molecule has 2 amide bonds. The molecule has 1 fully saturated rings. The van der Waals surface area contributed by atoms with Gasteiger partial charge in [0.25, 0.3) is 0 Å². The highest BCUT2D eigenvalue weighted by atomic mass is 35.5. The molecule has 0 unspecified atom stereocenters. The predicted octanol–water partition coefficient (Wildman–Crippen LogP) is 1.08. The van der Waals surface area contributed by atoms with Crippen molar-refractivity contribution in [2.24, 2.45) is 11.7 Å². The Balaban J connectivity index is 0.00000312. The second-order valence-electron chi connectivity index (χ2n) is 6.67. The van der Waals surface area contributed by atoms with E-state index in [1.807, 2.05) is 13.8 Å². The minimum Gasteiger partial charge on any atom is -0.353 e. The molecule has 0 spiro atoms. The van der Waals surface area contributed by atoms with Crippen LogP contribution < -0.4 is 16.4 Å². The van der Waals surface area contributed by atoms with Crippen molar-refractivity contribution in [1.29, 1.82) is 0 Å². The molecule has 142 valence electrons. The molecular formula is C16H28ClN5O3. The van der Waals surface area contributed by atoms with E-state index in [1.54, 1.807) is 0 Å². The molecule has 0 bridgehead atoms. The van der Waals surface area contributed by atoms with Crippen molar-refractivity contribution in [2.45, 2.75) is 71.0 Å². The van der Waals surface area contributed by atoms with Gasteiger partial charge in [-0.3, -0.25) is 9.59 Å². The van der Waals surface area contributed by atoms with Gasteiger partial charge in [0.15, 0.2) is 5.82 Å². The molecular weight excluding hydrogens is 346 g/mol. The van der Waals surface area contributed by atoms with Gasteiger partial charge in [-0.2, -0.15) is 4.98 Å². The number of hydrogen-bond acceptors (Lipinski definition) is 6. The van der Waals surface area contributed by atoms with Gasteiger partial charge in [0.2, 0.25) is 17.7 Å². The largest absolute Gasteiger partial charge is 0.353 e. The van der Waals surface area contributed by atoms with E-state index in [2.05, 4.69) is 20.8 Å². The third-order valence-electron chi connectivity index (χ3n) is 4.23. The third-order valence-corrected chi connectivity index (χ3v) is 4.23. The van der Waals surface area contributed by atoms with E-state index in [9.17, 15) is 9.59 Å². The van der Waals surface area contributed by atoms with Crippen molar-refractivity contribution in [3.8, 4) is 0 Å². The SMILES string of the molecule is CC(C)[C@H](N)C(=O)NCc1nc(CC(=O)NC2CCCCC2)no1.Cl. The Kier molecular flexibility index (Phi) is 8.85. The Labute approximate surface area is 154 Å². The molecule has 0 saturated heterocycles. The first-order chi connectivity index (χ1) is 11.5. The van der Waals surface area contributed by atoms with Crippen LogP contribution in [0.1, 0.15) is 57.7 Å². The fourth-order valence-corrected chi connectivity index (χ4v) is 2.69. The maximum Gasteiger partial charge on any atom is 0.246 e. The zero-order valence-corrected chi connectivity index (χ0v) is 15.6. The number of carbonyl (C=O) groups is 2. The van der Waals surface area contributed by atoms with Gasteiger partial charge in [-0.1, -0.05) is 38.3 Å². The Hall–Kier alpha value is -1.67. The maximum absolute atomic E-state index is 12.0. The smallest absolute Gasteiger partial charge is 0.246 e. The molecule has 0 radical (unpaired) electrons. The summed E-state index contributed by atoms with van der Waals surface area (Å²) in [6.45, 7) is 3.86. The topological polar surface area (TPSA) is 123 Å². The van der Waals surface area contributed by atoms with Gasteiger partial charge in [-0.15, -0.1) is 12.4 Å². The highest BCUT2D eigenvalue weighted by molar-refractivity contribution is 5.85. The van der Waals surface area contributed by atoms with Gasteiger partial charge in [0, 0.05) is 6.04 Å². The number of rotatable bonds is 7. The predicted molar refractivity (Wildman–Crippen MR) is 94.9 cm³/mol. The first kappa shape index (κ1) is 21.4. The van der Waals surface area contributed by atoms with Crippen LogP contribution in [-0.4, -0.2) is 34.0 Å². The van der Waals surface area contributed by atoms with Crippen LogP contribution in [0.25, 0.3) is 0 Å². The monoisotopic (exact) mass is 373 g/mol. The average Bonchev–Trinajstić information content (AvgIpc) is 2.99. The molecule has 1 atom stereocenters. The third kappa shape index (κ3) is 6.99. The van der Waals surface area contributed by atoms with Crippen LogP contribution in [0.5, 0.6) is 0 Å². The Morgan fingerprint density at radius 1 is 1.28 bits per heavy atom. The van der Waals surface area contributed by atoms with E-state index in [-0.39, 0.29) is 55.0 Å². The van der Waals surface area contributed by atoms with E-state index in [0.29, 0.717) is 5.82 Å². The lowest BCUT2D eigenvalue weighted by Gasteiger charge is -2.22. The number of carbonyl (C=O) groups excluding carboxylic acids is 2. The summed E-state index contributed by atoms with van der Waals surface area (Å²) in [6, 6.07) is -0.317. The zero-order chi connectivity index (χ0) is 17.5. The standard InChI is InChI=1S/C16H27N5O3.ClH/c1-10(2)15(17)16(23)18-9-14-20-12(21-24-14)8-13(22)19-11-6-4-3-5-7-11;/h10-11,15H,3-9,17H2,1-2H3,(H,18,23)(H,19,22);1H/t15-;/m0./s1. The van der Waals surface area contributed by atoms with Crippen molar-refractivity contribution < 1.29 is 14.1 Å². The Morgan fingerprint density at radius 3 is 2.60 bits per heavy atom. The van der Waals surface area contributed by atoms with Crippen molar-refractivity contribution in [2.75, 3.05) is 0 Å². The normalized spacial score (nSPS) is 16.2. The van der Waals surface area contributed by atoms with Crippen LogP contribution in [0.15, 0.2) is 4.52 Å². The zero-order valence-electron chi connectivity index (χ0n) is 14.8. The fraction of sp³-hybridized carbons (Fsp3) is 0.750. The van der Waals surface area contributed by atoms with Gasteiger partial charge in [-0.05, 0) is 18.8 Å². The summed E-state index contributed by atoms with van der Waals surface area (Å²) in [5.74, 6) is 0.270. The first-order valence-corrected chi connectivity index (χ1v) is 8.60. The molecule has 1 saturated carbocycles. The molecule has 1 heterocycles. The van der Waals surface area contributed by atoms with E-state index < -0.39 is 6.04 Å². The molecule has 1 aliphatic carbocycles. The molecule has 0 aliphatic heterocycles. The quantitative estimate of drug-likeness (QED) is 0.657. The highest BCUT2D eigenvalue weighted by Crippen LogP contribution is 2.17. The van der Waals surface area contributed by atoms with E-state index >= 15 is 0 Å². The van der Waals surface area contributed by atoms with Gasteiger partial charge >= 0.3 is 0 Å². The van der Waals surface area contributed by atoms with Gasteiger partial charge in [0.1, 0.15) is 0 Å². The average molecular weight is 374 g/mol. The van der Waals surface area contributed by atoms with Gasteiger partial charge in [0.05, 0.1) is 19.0 Å². The summed E-state index contributed by atoms with van der Waals surface area (Å²) in [6.07, 6.45) is 5.72. The number of amides is 2. The van der Waals surface area contributed by atoms with E-state index in [1.165, 1.54) is 6.42 Å². The number of nitrogens with two attached hydrogens (primary N) is 1. The van der Waals surface area contributed by atoms with Crippen molar-refractivity contribution in [1.82, 2.24) is 20.8 Å². The lowest BCUT2D eigenvalue weighted by Crippen LogP contribution is -2.43.